The van der Waals surface area contributed by atoms with Crippen molar-refractivity contribution in [2.45, 2.75) is 51.1 Å². The summed E-state index contributed by atoms with van der Waals surface area (Å²) in [6, 6.07) is 1.18. The van der Waals surface area contributed by atoms with Crippen LogP contribution in [0.4, 0.5) is 0 Å². The van der Waals surface area contributed by atoms with Gasteiger partial charge >= 0.3 is 0 Å². The molecule has 90 valence electrons. The molecule has 2 nitrogen and oxygen atoms in total. The summed E-state index contributed by atoms with van der Waals surface area (Å²) in [5.41, 5.74) is 0. The predicted molar refractivity (Wildman–Crippen MR) is 68.4 cm³/mol. The Hall–Kier alpha value is 0.270. The van der Waals surface area contributed by atoms with Gasteiger partial charge in [-0.05, 0) is 31.4 Å². The first kappa shape index (κ1) is 13.3. The van der Waals surface area contributed by atoms with E-state index in [2.05, 4.69) is 18.5 Å². The van der Waals surface area contributed by atoms with Crippen LogP contribution in [0, 0.1) is 5.92 Å². The van der Waals surface area contributed by atoms with Gasteiger partial charge in [0.15, 0.2) is 0 Å². The fraction of sp³-hybridized carbons (Fsp3) is 1.00. The minimum absolute atomic E-state index is 0.305. The quantitative estimate of drug-likeness (QED) is 0.735. The fourth-order valence-corrected chi connectivity index (χ4v) is 3.10. The standard InChI is InChI=1S/C12H25NOS/c1-10-5-3-4-6-12(10)13-11(7-8-14)9-15-2/h10-14H,3-9H2,1-2H3. The topological polar surface area (TPSA) is 32.3 Å². The van der Waals surface area contributed by atoms with Gasteiger partial charge in [-0.15, -0.1) is 0 Å². The Morgan fingerprint density at radius 2 is 2.13 bits per heavy atom. The number of thioether (sulfide) groups is 1. The highest BCUT2D eigenvalue weighted by molar-refractivity contribution is 7.98. The largest absolute Gasteiger partial charge is 0.396 e. The molecule has 0 spiro atoms. The van der Waals surface area contributed by atoms with Crippen molar-refractivity contribution in [1.29, 1.82) is 0 Å². The summed E-state index contributed by atoms with van der Waals surface area (Å²) < 4.78 is 0. The summed E-state index contributed by atoms with van der Waals surface area (Å²) >= 11 is 1.87. The normalized spacial score (nSPS) is 29.0. The second-order valence-corrected chi connectivity index (χ2v) is 5.61. The van der Waals surface area contributed by atoms with E-state index in [0.717, 1.165) is 18.1 Å². The number of aliphatic hydroxyl groups is 1. The first-order valence-electron chi connectivity index (χ1n) is 6.13. The summed E-state index contributed by atoms with van der Waals surface area (Å²) in [4.78, 5) is 0. The maximum Gasteiger partial charge on any atom is 0.0446 e. The highest BCUT2D eigenvalue weighted by Crippen LogP contribution is 2.24. The van der Waals surface area contributed by atoms with Gasteiger partial charge in [0.1, 0.15) is 0 Å². The molecular weight excluding hydrogens is 206 g/mol. The number of hydrogen-bond donors (Lipinski definition) is 2. The van der Waals surface area contributed by atoms with Crippen LogP contribution in [0.5, 0.6) is 0 Å². The van der Waals surface area contributed by atoms with Gasteiger partial charge < -0.3 is 10.4 Å². The van der Waals surface area contributed by atoms with Crippen molar-refractivity contribution in [3.63, 3.8) is 0 Å². The van der Waals surface area contributed by atoms with Gasteiger partial charge in [-0.2, -0.15) is 11.8 Å². The van der Waals surface area contributed by atoms with Crippen molar-refractivity contribution in [1.82, 2.24) is 5.32 Å². The molecule has 0 aromatic carbocycles. The van der Waals surface area contributed by atoms with Crippen LogP contribution in [0.25, 0.3) is 0 Å². The molecule has 3 unspecified atom stereocenters. The van der Waals surface area contributed by atoms with Crippen LogP contribution in [0.15, 0.2) is 0 Å². The van der Waals surface area contributed by atoms with Crippen LogP contribution < -0.4 is 5.32 Å². The maximum absolute atomic E-state index is 9.01. The molecule has 1 saturated carbocycles. The van der Waals surface area contributed by atoms with Gasteiger partial charge in [0, 0.05) is 24.4 Å². The summed E-state index contributed by atoms with van der Waals surface area (Å²) in [5, 5.41) is 12.7. The Kier molecular flexibility index (Phi) is 6.69. The Morgan fingerprint density at radius 3 is 2.73 bits per heavy atom. The van der Waals surface area contributed by atoms with Crippen LogP contribution in [-0.4, -0.2) is 35.8 Å². The van der Waals surface area contributed by atoms with Gasteiger partial charge in [-0.3, -0.25) is 0 Å². The first-order valence-corrected chi connectivity index (χ1v) is 7.53. The number of nitrogens with one attached hydrogen (secondary N) is 1. The van der Waals surface area contributed by atoms with Crippen molar-refractivity contribution in [3.05, 3.63) is 0 Å². The zero-order valence-electron chi connectivity index (χ0n) is 10.0. The SMILES string of the molecule is CSCC(CCO)NC1CCCCC1C. The van der Waals surface area contributed by atoms with E-state index in [0.29, 0.717) is 18.7 Å². The van der Waals surface area contributed by atoms with Crippen LogP contribution >= 0.6 is 11.8 Å². The van der Waals surface area contributed by atoms with E-state index >= 15 is 0 Å². The van der Waals surface area contributed by atoms with E-state index in [1.165, 1.54) is 25.7 Å². The smallest absolute Gasteiger partial charge is 0.0446 e. The van der Waals surface area contributed by atoms with Crippen LogP contribution in [0.3, 0.4) is 0 Å². The lowest BCUT2D eigenvalue weighted by Gasteiger charge is -2.33. The molecule has 0 radical (unpaired) electrons. The monoisotopic (exact) mass is 231 g/mol. The minimum atomic E-state index is 0.305. The van der Waals surface area contributed by atoms with E-state index in [-0.39, 0.29) is 0 Å². The lowest BCUT2D eigenvalue weighted by molar-refractivity contribution is 0.229. The Morgan fingerprint density at radius 1 is 1.40 bits per heavy atom. The molecule has 3 atom stereocenters. The van der Waals surface area contributed by atoms with Crippen LogP contribution in [0.2, 0.25) is 0 Å². The summed E-state index contributed by atoms with van der Waals surface area (Å²) in [5.74, 6) is 1.92. The summed E-state index contributed by atoms with van der Waals surface area (Å²) in [6.07, 6.45) is 8.47. The molecule has 0 aliphatic heterocycles. The lowest BCUT2D eigenvalue weighted by atomic mass is 9.85. The summed E-state index contributed by atoms with van der Waals surface area (Å²) in [6.45, 7) is 2.66. The molecule has 0 aromatic rings. The Balaban J connectivity index is 2.33. The number of aliphatic hydroxyl groups excluding tert-OH is 1. The molecule has 1 fully saturated rings. The molecule has 1 rings (SSSR count). The van der Waals surface area contributed by atoms with Gasteiger partial charge in [-0.1, -0.05) is 19.8 Å². The molecule has 0 saturated heterocycles. The zero-order valence-corrected chi connectivity index (χ0v) is 10.9. The first-order chi connectivity index (χ1) is 7.27. The maximum atomic E-state index is 9.01. The number of rotatable bonds is 6. The van der Waals surface area contributed by atoms with Crippen LogP contribution in [-0.2, 0) is 0 Å². The summed E-state index contributed by atoms with van der Waals surface area (Å²) in [7, 11) is 0. The highest BCUT2D eigenvalue weighted by atomic mass is 32.2. The van der Waals surface area contributed by atoms with Crippen molar-refractivity contribution >= 4 is 11.8 Å². The van der Waals surface area contributed by atoms with E-state index in [1.807, 2.05) is 11.8 Å². The van der Waals surface area contributed by atoms with Crippen molar-refractivity contribution < 1.29 is 5.11 Å². The van der Waals surface area contributed by atoms with E-state index in [1.54, 1.807) is 0 Å². The van der Waals surface area contributed by atoms with Crippen molar-refractivity contribution in [3.8, 4) is 0 Å². The Bertz CT molecular complexity index is 160. The molecule has 1 aliphatic carbocycles. The molecule has 0 amide bonds. The average molecular weight is 231 g/mol. The molecule has 3 heteroatoms. The molecule has 2 N–H and O–H groups in total. The molecule has 15 heavy (non-hydrogen) atoms. The second kappa shape index (κ2) is 7.53. The van der Waals surface area contributed by atoms with Crippen molar-refractivity contribution in [2.24, 2.45) is 5.92 Å². The fourth-order valence-electron chi connectivity index (χ4n) is 2.44. The molecular formula is C12H25NOS. The molecule has 1 aliphatic rings. The average Bonchev–Trinajstić information content (AvgIpc) is 2.22. The third-order valence-corrected chi connectivity index (χ3v) is 4.14. The second-order valence-electron chi connectivity index (χ2n) is 4.70. The molecule has 0 aromatic heterocycles. The predicted octanol–water partition coefficient (Wildman–Crippen LogP) is 2.27. The third kappa shape index (κ3) is 4.75. The third-order valence-electron chi connectivity index (χ3n) is 3.41. The van der Waals surface area contributed by atoms with Gasteiger partial charge in [0.05, 0.1) is 0 Å². The van der Waals surface area contributed by atoms with Gasteiger partial charge in [0.2, 0.25) is 0 Å². The van der Waals surface area contributed by atoms with E-state index in [4.69, 9.17) is 5.11 Å². The lowest BCUT2D eigenvalue weighted by Crippen LogP contribution is -2.45. The number of hydrogen-bond acceptors (Lipinski definition) is 3. The van der Waals surface area contributed by atoms with Crippen LogP contribution in [0.1, 0.15) is 39.0 Å². The van der Waals surface area contributed by atoms with E-state index in [9.17, 15) is 0 Å². The molecule has 0 bridgehead atoms. The zero-order chi connectivity index (χ0) is 11.1. The van der Waals surface area contributed by atoms with Gasteiger partial charge in [0.25, 0.3) is 0 Å². The Labute approximate surface area is 98.2 Å². The highest BCUT2D eigenvalue weighted by Gasteiger charge is 2.23. The van der Waals surface area contributed by atoms with Crippen molar-refractivity contribution in [2.75, 3.05) is 18.6 Å². The molecule has 0 heterocycles. The van der Waals surface area contributed by atoms with Gasteiger partial charge in [-0.25, -0.2) is 0 Å². The van der Waals surface area contributed by atoms with E-state index < -0.39 is 0 Å². The minimum Gasteiger partial charge on any atom is -0.396 e.